The highest BCUT2D eigenvalue weighted by Crippen LogP contribution is 2.27. The maximum absolute atomic E-state index is 12.5. The monoisotopic (exact) mass is 365 g/mol. The molecule has 1 saturated heterocycles. The molecule has 0 bridgehead atoms. The summed E-state index contributed by atoms with van der Waals surface area (Å²) in [4.78, 5) is 23.7. The first-order valence-corrected chi connectivity index (χ1v) is 8.92. The molecule has 144 valence electrons. The standard InChI is InChI=1S/C19H27NO6/c1-3-24-11-12-25-15-7-5-14(6-8-15)16(13-17(21)22)20-18(23)19(2)9-4-10-26-19/h5-8,16H,3-4,9-13H2,1-2H3,(H,20,23)(H,21,22)/t16-,19+/m0/s1. The number of aliphatic carboxylic acids is 1. The van der Waals surface area contributed by atoms with Crippen LogP contribution in [0.1, 0.15) is 44.7 Å². The van der Waals surface area contributed by atoms with Crippen molar-refractivity contribution in [2.24, 2.45) is 0 Å². The second kappa shape index (κ2) is 9.54. The highest BCUT2D eigenvalue weighted by Gasteiger charge is 2.38. The molecule has 1 aliphatic rings. The lowest BCUT2D eigenvalue weighted by atomic mass is 9.98. The molecule has 2 rings (SSSR count). The van der Waals surface area contributed by atoms with Gasteiger partial charge in [-0.25, -0.2) is 0 Å². The molecule has 7 nitrogen and oxygen atoms in total. The second-order valence-electron chi connectivity index (χ2n) is 6.42. The lowest BCUT2D eigenvalue weighted by Gasteiger charge is -2.26. The van der Waals surface area contributed by atoms with Gasteiger partial charge >= 0.3 is 5.97 Å². The fraction of sp³-hybridized carbons (Fsp3) is 0.579. The average molecular weight is 365 g/mol. The molecule has 7 heteroatoms. The van der Waals surface area contributed by atoms with Gasteiger partial charge in [-0.2, -0.15) is 0 Å². The molecule has 0 aliphatic carbocycles. The van der Waals surface area contributed by atoms with E-state index in [0.717, 1.165) is 6.42 Å². The van der Waals surface area contributed by atoms with E-state index in [2.05, 4.69) is 5.32 Å². The van der Waals surface area contributed by atoms with Crippen molar-refractivity contribution < 1.29 is 28.9 Å². The van der Waals surface area contributed by atoms with E-state index in [1.54, 1.807) is 31.2 Å². The zero-order valence-corrected chi connectivity index (χ0v) is 15.3. The van der Waals surface area contributed by atoms with Crippen molar-refractivity contribution in [1.82, 2.24) is 5.32 Å². The maximum Gasteiger partial charge on any atom is 0.305 e. The molecule has 2 N–H and O–H groups in total. The Labute approximate surface area is 153 Å². The quantitative estimate of drug-likeness (QED) is 0.618. The van der Waals surface area contributed by atoms with E-state index in [-0.39, 0.29) is 12.3 Å². The number of ether oxygens (including phenoxy) is 3. The van der Waals surface area contributed by atoms with E-state index in [0.29, 0.717) is 44.2 Å². The summed E-state index contributed by atoms with van der Waals surface area (Å²) in [5.41, 5.74) is -0.182. The molecule has 1 aromatic rings. The molecule has 0 aromatic heterocycles. The Hall–Kier alpha value is -2.12. The first kappa shape index (κ1) is 20.2. The van der Waals surface area contributed by atoms with E-state index >= 15 is 0 Å². The predicted molar refractivity (Wildman–Crippen MR) is 95.2 cm³/mol. The summed E-state index contributed by atoms with van der Waals surface area (Å²) >= 11 is 0. The van der Waals surface area contributed by atoms with Gasteiger partial charge in [-0.1, -0.05) is 12.1 Å². The first-order chi connectivity index (χ1) is 12.4. The molecule has 0 radical (unpaired) electrons. The van der Waals surface area contributed by atoms with Gasteiger partial charge in [-0.15, -0.1) is 0 Å². The highest BCUT2D eigenvalue weighted by atomic mass is 16.5. The molecule has 1 amide bonds. The van der Waals surface area contributed by atoms with Gasteiger partial charge in [0.05, 0.1) is 19.1 Å². The van der Waals surface area contributed by atoms with Crippen LogP contribution >= 0.6 is 0 Å². The molecule has 1 heterocycles. The minimum atomic E-state index is -0.982. The summed E-state index contributed by atoms with van der Waals surface area (Å²) in [6.45, 7) is 5.79. The van der Waals surface area contributed by atoms with Crippen molar-refractivity contribution in [2.75, 3.05) is 26.4 Å². The molecular formula is C19H27NO6. The minimum Gasteiger partial charge on any atom is -0.491 e. The number of hydrogen-bond acceptors (Lipinski definition) is 5. The number of carboxylic acids is 1. The number of amides is 1. The lowest BCUT2D eigenvalue weighted by molar-refractivity contribution is -0.141. The Balaban J connectivity index is 2.01. The van der Waals surface area contributed by atoms with Crippen LogP contribution in [0.15, 0.2) is 24.3 Å². The van der Waals surface area contributed by atoms with Crippen LogP contribution in [0.4, 0.5) is 0 Å². The van der Waals surface area contributed by atoms with Crippen LogP contribution in [0.25, 0.3) is 0 Å². The van der Waals surface area contributed by atoms with Crippen molar-refractivity contribution in [3.63, 3.8) is 0 Å². The van der Waals surface area contributed by atoms with Gasteiger partial charge in [-0.3, -0.25) is 9.59 Å². The molecular weight excluding hydrogens is 338 g/mol. The summed E-state index contributed by atoms with van der Waals surface area (Å²) in [7, 11) is 0. The summed E-state index contributed by atoms with van der Waals surface area (Å²) in [6.07, 6.45) is 1.25. The summed E-state index contributed by atoms with van der Waals surface area (Å²) in [5, 5.41) is 12.0. The van der Waals surface area contributed by atoms with Gasteiger partial charge in [0.15, 0.2) is 0 Å². The number of hydrogen-bond donors (Lipinski definition) is 2. The third kappa shape index (κ3) is 5.71. The lowest BCUT2D eigenvalue weighted by Crippen LogP contribution is -2.45. The van der Waals surface area contributed by atoms with E-state index in [9.17, 15) is 14.7 Å². The number of carboxylic acid groups (broad SMARTS) is 1. The Kier molecular flexibility index (Phi) is 7.41. The van der Waals surface area contributed by atoms with Crippen LogP contribution in [0.2, 0.25) is 0 Å². The second-order valence-corrected chi connectivity index (χ2v) is 6.42. The van der Waals surface area contributed by atoms with Crippen LogP contribution in [-0.2, 0) is 19.1 Å². The van der Waals surface area contributed by atoms with Crippen LogP contribution in [0.5, 0.6) is 5.75 Å². The van der Waals surface area contributed by atoms with Crippen molar-refractivity contribution >= 4 is 11.9 Å². The van der Waals surface area contributed by atoms with E-state index in [1.165, 1.54) is 0 Å². The van der Waals surface area contributed by atoms with Crippen LogP contribution in [-0.4, -0.2) is 49.0 Å². The molecule has 0 saturated carbocycles. The normalized spacial score (nSPS) is 20.5. The van der Waals surface area contributed by atoms with E-state index < -0.39 is 17.6 Å². The Bertz CT molecular complexity index is 595. The Morgan fingerprint density at radius 1 is 1.31 bits per heavy atom. The van der Waals surface area contributed by atoms with Gasteiger partial charge in [-0.05, 0) is 44.4 Å². The van der Waals surface area contributed by atoms with Crippen molar-refractivity contribution in [3.8, 4) is 5.75 Å². The zero-order chi connectivity index (χ0) is 19.0. The number of carbonyl (C=O) groups excluding carboxylic acids is 1. The third-order valence-electron chi connectivity index (χ3n) is 4.37. The van der Waals surface area contributed by atoms with Crippen LogP contribution < -0.4 is 10.1 Å². The number of benzene rings is 1. The first-order valence-electron chi connectivity index (χ1n) is 8.92. The van der Waals surface area contributed by atoms with Crippen molar-refractivity contribution in [1.29, 1.82) is 0 Å². The SMILES string of the molecule is CCOCCOc1ccc([C@H](CC(=O)O)NC(=O)[C@@]2(C)CCCO2)cc1. The van der Waals surface area contributed by atoms with Gasteiger partial charge in [0.1, 0.15) is 18.0 Å². The summed E-state index contributed by atoms with van der Waals surface area (Å²) in [5.74, 6) is -0.594. The van der Waals surface area contributed by atoms with Gasteiger partial charge in [0, 0.05) is 13.2 Å². The highest BCUT2D eigenvalue weighted by molar-refractivity contribution is 5.86. The largest absolute Gasteiger partial charge is 0.491 e. The molecule has 26 heavy (non-hydrogen) atoms. The molecule has 0 spiro atoms. The predicted octanol–water partition coefficient (Wildman–Crippen LogP) is 2.30. The zero-order valence-electron chi connectivity index (χ0n) is 15.3. The summed E-state index contributed by atoms with van der Waals surface area (Å²) in [6, 6.07) is 6.42. The van der Waals surface area contributed by atoms with Gasteiger partial charge in [0.25, 0.3) is 5.91 Å². The average Bonchev–Trinajstić information content (AvgIpc) is 3.06. The van der Waals surface area contributed by atoms with Crippen molar-refractivity contribution in [2.45, 2.75) is 44.8 Å². The molecule has 0 unspecified atom stereocenters. The minimum absolute atomic E-state index is 0.202. The molecule has 1 aliphatic heterocycles. The molecule has 1 aromatic carbocycles. The molecule has 2 atom stereocenters. The smallest absolute Gasteiger partial charge is 0.305 e. The van der Waals surface area contributed by atoms with Gasteiger partial charge in [0.2, 0.25) is 0 Å². The fourth-order valence-corrected chi connectivity index (χ4v) is 2.86. The van der Waals surface area contributed by atoms with Crippen LogP contribution in [0.3, 0.4) is 0 Å². The number of rotatable bonds is 10. The fourth-order valence-electron chi connectivity index (χ4n) is 2.86. The van der Waals surface area contributed by atoms with Gasteiger partial charge < -0.3 is 24.6 Å². The molecule has 1 fully saturated rings. The van der Waals surface area contributed by atoms with Crippen molar-refractivity contribution in [3.05, 3.63) is 29.8 Å². The third-order valence-corrected chi connectivity index (χ3v) is 4.37. The maximum atomic E-state index is 12.5. The number of carbonyl (C=O) groups is 2. The Morgan fingerprint density at radius 3 is 2.62 bits per heavy atom. The van der Waals surface area contributed by atoms with Crippen LogP contribution in [0, 0.1) is 0 Å². The summed E-state index contributed by atoms with van der Waals surface area (Å²) < 4.78 is 16.3. The number of nitrogens with one attached hydrogen (secondary N) is 1. The Morgan fingerprint density at radius 2 is 2.04 bits per heavy atom. The van der Waals surface area contributed by atoms with E-state index in [4.69, 9.17) is 14.2 Å². The topological polar surface area (TPSA) is 94.1 Å². The van der Waals surface area contributed by atoms with E-state index in [1.807, 2.05) is 6.92 Å².